The molecule has 6 heteroatoms. The van der Waals surface area contributed by atoms with Crippen LogP contribution in [-0.2, 0) is 19.1 Å². The molecule has 2 rings (SSSR count). The minimum atomic E-state index is -0.578. The number of rotatable bonds is 4. The summed E-state index contributed by atoms with van der Waals surface area (Å²) in [5.74, 6) is -0.598. The molecule has 1 unspecified atom stereocenters. The van der Waals surface area contributed by atoms with Crippen LogP contribution in [0, 0.1) is 5.92 Å². The van der Waals surface area contributed by atoms with Gasteiger partial charge in [-0.2, -0.15) is 0 Å². The highest BCUT2D eigenvalue weighted by atomic mass is 16.5. The maximum atomic E-state index is 11.8. The molecular formula is C10H16N2O4. The van der Waals surface area contributed by atoms with Gasteiger partial charge in [-0.25, -0.2) is 0 Å². The molecule has 2 fully saturated rings. The summed E-state index contributed by atoms with van der Waals surface area (Å²) in [6.45, 7) is 1.79. The number of carbonyl (C=O) groups is 2. The first-order valence-corrected chi connectivity index (χ1v) is 5.37. The smallest absolute Gasteiger partial charge is 0.226 e. The molecule has 2 saturated heterocycles. The van der Waals surface area contributed by atoms with Crippen molar-refractivity contribution in [3.8, 4) is 0 Å². The van der Waals surface area contributed by atoms with Crippen LogP contribution in [-0.4, -0.2) is 43.8 Å². The molecule has 0 aromatic carbocycles. The summed E-state index contributed by atoms with van der Waals surface area (Å²) in [6.07, 6.45) is 0.867. The lowest BCUT2D eigenvalue weighted by Crippen LogP contribution is -2.64. The molecule has 2 aliphatic heterocycles. The highest BCUT2D eigenvalue weighted by molar-refractivity contribution is 5.82. The van der Waals surface area contributed by atoms with Gasteiger partial charge in [0.2, 0.25) is 11.8 Å². The normalized spacial score (nSPS) is 27.1. The lowest BCUT2D eigenvalue weighted by Gasteiger charge is -2.41. The van der Waals surface area contributed by atoms with E-state index in [1.54, 1.807) is 0 Å². The van der Waals surface area contributed by atoms with E-state index in [-0.39, 0.29) is 18.2 Å². The van der Waals surface area contributed by atoms with Gasteiger partial charge in [0.15, 0.2) is 0 Å². The standard InChI is InChI=1S/C10H16N2O4/c11-8(13)3-10(5-16-6-10)12-9(14)7-1-2-15-4-7/h7H,1-6H2,(H2,11,13)(H,12,14). The molecule has 0 aromatic heterocycles. The van der Waals surface area contributed by atoms with Crippen LogP contribution in [0.5, 0.6) is 0 Å². The Morgan fingerprint density at radius 1 is 1.38 bits per heavy atom. The Labute approximate surface area is 93.5 Å². The summed E-state index contributed by atoms with van der Waals surface area (Å²) in [6, 6.07) is 0. The third-order valence-corrected chi connectivity index (χ3v) is 2.96. The second kappa shape index (κ2) is 4.39. The Morgan fingerprint density at radius 2 is 2.12 bits per heavy atom. The van der Waals surface area contributed by atoms with Crippen LogP contribution in [0.2, 0.25) is 0 Å². The van der Waals surface area contributed by atoms with Crippen molar-refractivity contribution >= 4 is 11.8 Å². The fourth-order valence-electron chi connectivity index (χ4n) is 2.01. The van der Waals surface area contributed by atoms with E-state index in [1.165, 1.54) is 0 Å². The van der Waals surface area contributed by atoms with Gasteiger partial charge < -0.3 is 20.5 Å². The van der Waals surface area contributed by atoms with Gasteiger partial charge in [-0.3, -0.25) is 9.59 Å². The monoisotopic (exact) mass is 228 g/mol. The van der Waals surface area contributed by atoms with Crippen molar-refractivity contribution in [1.29, 1.82) is 0 Å². The largest absolute Gasteiger partial charge is 0.381 e. The van der Waals surface area contributed by atoms with Gasteiger partial charge in [0, 0.05) is 6.61 Å². The number of carbonyl (C=O) groups excluding carboxylic acids is 2. The summed E-state index contributed by atoms with van der Waals surface area (Å²) in [5, 5.41) is 2.86. The zero-order valence-electron chi connectivity index (χ0n) is 9.03. The SMILES string of the molecule is NC(=O)CC1(NC(=O)C2CCOC2)COC1. The third-order valence-electron chi connectivity index (χ3n) is 2.96. The quantitative estimate of drug-likeness (QED) is 0.631. The van der Waals surface area contributed by atoms with E-state index in [4.69, 9.17) is 15.2 Å². The summed E-state index contributed by atoms with van der Waals surface area (Å²) in [7, 11) is 0. The van der Waals surface area contributed by atoms with Gasteiger partial charge in [-0.05, 0) is 6.42 Å². The molecule has 2 aliphatic rings. The number of hydrogen-bond donors (Lipinski definition) is 2. The Bertz CT molecular complexity index is 295. The number of amides is 2. The minimum absolute atomic E-state index is 0.0675. The van der Waals surface area contributed by atoms with Crippen LogP contribution >= 0.6 is 0 Å². The van der Waals surface area contributed by atoms with Gasteiger partial charge in [-0.15, -0.1) is 0 Å². The van der Waals surface area contributed by atoms with E-state index in [0.717, 1.165) is 6.42 Å². The fourth-order valence-corrected chi connectivity index (χ4v) is 2.01. The molecule has 90 valence electrons. The predicted octanol–water partition coefficient (Wildman–Crippen LogP) is -1.22. The highest BCUT2D eigenvalue weighted by Gasteiger charge is 2.42. The summed E-state index contributed by atoms with van der Waals surface area (Å²) in [5.41, 5.74) is 4.57. The Kier molecular flexibility index (Phi) is 3.11. The maximum Gasteiger partial charge on any atom is 0.226 e. The Hall–Kier alpha value is -1.14. The first kappa shape index (κ1) is 11.3. The van der Waals surface area contributed by atoms with Gasteiger partial charge in [0.1, 0.15) is 0 Å². The number of hydrogen-bond acceptors (Lipinski definition) is 4. The molecule has 0 aromatic rings. The van der Waals surface area contributed by atoms with Crippen LogP contribution in [0.25, 0.3) is 0 Å². The van der Waals surface area contributed by atoms with Crippen LogP contribution in [0.1, 0.15) is 12.8 Å². The number of primary amides is 1. The first-order chi connectivity index (χ1) is 7.61. The van der Waals surface area contributed by atoms with Gasteiger partial charge in [0.05, 0.1) is 37.7 Å². The Balaban J connectivity index is 1.90. The van der Waals surface area contributed by atoms with Gasteiger partial charge in [-0.1, -0.05) is 0 Å². The lowest BCUT2D eigenvalue weighted by atomic mass is 9.91. The van der Waals surface area contributed by atoms with E-state index in [2.05, 4.69) is 5.32 Å². The number of ether oxygens (including phenoxy) is 2. The average Bonchev–Trinajstić information content (AvgIpc) is 2.66. The van der Waals surface area contributed by atoms with Gasteiger partial charge in [0.25, 0.3) is 0 Å². The van der Waals surface area contributed by atoms with E-state index in [9.17, 15) is 9.59 Å². The zero-order valence-corrected chi connectivity index (χ0v) is 9.03. The Morgan fingerprint density at radius 3 is 2.56 bits per heavy atom. The fraction of sp³-hybridized carbons (Fsp3) is 0.800. The van der Waals surface area contributed by atoms with Crippen molar-refractivity contribution < 1.29 is 19.1 Å². The average molecular weight is 228 g/mol. The third kappa shape index (κ3) is 2.33. The van der Waals surface area contributed by atoms with E-state index >= 15 is 0 Å². The van der Waals surface area contributed by atoms with Crippen molar-refractivity contribution in [3.63, 3.8) is 0 Å². The maximum absolute atomic E-state index is 11.8. The van der Waals surface area contributed by atoms with Crippen molar-refractivity contribution in [3.05, 3.63) is 0 Å². The molecule has 6 nitrogen and oxygen atoms in total. The molecule has 2 heterocycles. The number of nitrogens with two attached hydrogens (primary N) is 1. The molecule has 16 heavy (non-hydrogen) atoms. The molecular weight excluding hydrogens is 212 g/mol. The van der Waals surface area contributed by atoms with E-state index < -0.39 is 11.4 Å². The van der Waals surface area contributed by atoms with Gasteiger partial charge >= 0.3 is 0 Å². The summed E-state index contributed by atoms with van der Waals surface area (Å²) in [4.78, 5) is 22.7. The summed E-state index contributed by atoms with van der Waals surface area (Å²) < 4.78 is 10.2. The first-order valence-electron chi connectivity index (χ1n) is 5.37. The minimum Gasteiger partial charge on any atom is -0.381 e. The second-order valence-corrected chi connectivity index (χ2v) is 4.47. The molecule has 0 saturated carbocycles. The molecule has 2 amide bonds. The molecule has 1 atom stereocenters. The van der Waals surface area contributed by atoms with E-state index in [1.807, 2.05) is 0 Å². The van der Waals surface area contributed by atoms with Crippen LogP contribution in [0.15, 0.2) is 0 Å². The van der Waals surface area contributed by atoms with E-state index in [0.29, 0.717) is 26.4 Å². The van der Waals surface area contributed by atoms with Crippen LogP contribution in [0.4, 0.5) is 0 Å². The van der Waals surface area contributed by atoms with Crippen LogP contribution in [0.3, 0.4) is 0 Å². The summed E-state index contributed by atoms with van der Waals surface area (Å²) >= 11 is 0. The topological polar surface area (TPSA) is 90.7 Å². The highest BCUT2D eigenvalue weighted by Crippen LogP contribution is 2.23. The number of nitrogens with one attached hydrogen (secondary N) is 1. The van der Waals surface area contributed by atoms with Crippen LogP contribution < -0.4 is 11.1 Å². The van der Waals surface area contributed by atoms with Crippen molar-refractivity contribution in [2.24, 2.45) is 11.7 Å². The predicted molar refractivity (Wildman–Crippen MR) is 54.4 cm³/mol. The zero-order chi connectivity index (χ0) is 11.6. The molecule has 0 radical (unpaired) electrons. The van der Waals surface area contributed by atoms with Crippen molar-refractivity contribution in [2.75, 3.05) is 26.4 Å². The molecule has 3 N–H and O–H groups in total. The molecule has 0 bridgehead atoms. The second-order valence-electron chi connectivity index (χ2n) is 4.47. The lowest BCUT2D eigenvalue weighted by molar-refractivity contribution is -0.141. The molecule has 0 aliphatic carbocycles. The molecule has 0 spiro atoms. The van der Waals surface area contributed by atoms with Crippen molar-refractivity contribution in [2.45, 2.75) is 18.4 Å². The van der Waals surface area contributed by atoms with Crippen molar-refractivity contribution in [1.82, 2.24) is 5.32 Å².